The number of thiazole rings is 1. The van der Waals surface area contributed by atoms with Gasteiger partial charge in [-0.2, -0.15) is 0 Å². The molecule has 4 N–H and O–H groups in total. The average molecular weight is 277 g/mol. The molecule has 0 spiro atoms. The maximum absolute atomic E-state index is 12.1. The van der Waals surface area contributed by atoms with Gasteiger partial charge in [0.05, 0.1) is 5.69 Å². The highest BCUT2D eigenvalue weighted by molar-refractivity contribution is 7.14. The summed E-state index contributed by atoms with van der Waals surface area (Å²) < 4.78 is 0. The molecule has 0 aliphatic carbocycles. The normalized spacial score (nSPS) is 12.2. The van der Waals surface area contributed by atoms with E-state index in [1.807, 2.05) is 12.3 Å². The minimum atomic E-state index is -0.293. The van der Waals surface area contributed by atoms with Gasteiger partial charge in [0.2, 0.25) is 0 Å². The van der Waals surface area contributed by atoms with Crippen LogP contribution in [0.1, 0.15) is 34.6 Å². The van der Waals surface area contributed by atoms with Crippen LogP contribution in [0, 0.1) is 6.92 Å². The van der Waals surface area contributed by atoms with Crippen molar-refractivity contribution in [3.63, 3.8) is 0 Å². The molecule has 6 heteroatoms. The van der Waals surface area contributed by atoms with Crippen molar-refractivity contribution in [3.8, 4) is 5.75 Å². The number of hydrogen-bond acceptors (Lipinski definition) is 5. The van der Waals surface area contributed by atoms with Gasteiger partial charge in [-0.3, -0.25) is 10.1 Å². The third-order valence-electron chi connectivity index (χ3n) is 2.76. The molecule has 2 aromatic rings. The first-order valence-corrected chi connectivity index (χ1v) is 6.68. The minimum Gasteiger partial charge on any atom is -0.508 e. The van der Waals surface area contributed by atoms with E-state index in [4.69, 9.17) is 5.73 Å². The number of carbonyl (C=O) groups is 1. The van der Waals surface area contributed by atoms with Gasteiger partial charge in [-0.1, -0.05) is 6.07 Å². The van der Waals surface area contributed by atoms with Crippen molar-refractivity contribution in [3.05, 3.63) is 40.4 Å². The maximum atomic E-state index is 12.1. The van der Waals surface area contributed by atoms with Gasteiger partial charge < -0.3 is 10.8 Å². The van der Waals surface area contributed by atoms with E-state index in [1.54, 1.807) is 25.1 Å². The second-order valence-corrected chi connectivity index (χ2v) is 5.13. The van der Waals surface area contributed by atoms with Gasteiger partial charge in [-0.05, 0) is 26.0 Å². The summed E-state index contributed by atoms with van der Waals surface area (Å²) in [6.45, 7) is 3.53. The summed E-state index contributed by atoms with van der Waals surface area (Å²) in [6, 6.07) is 4.67. The van der Waals surface area contributed by atoms with Crippen molar-refractivity contribution >= 4 is 22.4 Å². The fourth-order valence-electron chi connectivity index (χ4n) is 1.59. The van der Waals surface area contributed by atoms with Crippen LogP contribution in [-0.2, 0) is 0 Å². The molecule has 1 aromatic carbocycles. The largest absolute Gasteiger partial charge is 0.508 e. The Morgan fingerprint density at radius 1 is 1.53 bits per heavy atom. The van der Waals surface area contributed by atoms with E-state index < -0.39 is 0 Å². The van der Waals surface area contributed by atoms with E-state index in [-0.39, 0.29) is 17.7 Å². The molecule has 2 rings (SSSR count). The summed E-state index contributed by atoms with van der Waals surface area (Å²) in [6.07, 6.45) is 0. The first-order chi connectivity index (χ1) is 8.99. The SMILES string of the molecule is Cc1c(O)cccc1C(=O)Nc1nc(C(C)N)cs1. The van der Waals surface area contributed by atoms with Gasteiger partial charge in [0.25, 0.3) is 5.91 Å². The van der Waals surface area contributed by atoms with Crippen molar-refractivity contribution in [1.82, 2.24) is 4.98 Å². The molecule has 0 aliphatic heterocycles. The molecule has 100 valence electrons. The number of benzene rings is 1. The Kier molecular flexibility index (Phi) is 3.82. The fourth-order valence-corrected chi connectivity index (χ4v) is 2.40. The molecule has 1 aromatic heterocycles. The Hall–Kier alpha value is -1.92. The number of nitrogens with zero attached hydrogens (tertiary/aromatic N) is 1. The highest BCUT2D eigenvalue weighted by atomic mass is 32.1. The fraction of sp³-hybridized carbons (Fsp3) is 0.231. The Bertz CT molecular complexity index is 608. The van der Waals surface area contributed by atoms with E-state index in [1.165, 1.54) is 11.3 Å². The second-order valence-electron chi connectivity index (χ2n) is 4.27. The standard InChI is InChI=1S/C13H15N3O2S/c1-7-9(4-3-5-11(7)17)12(18)16-13-15-10(6-19-13)8(2)14/h3-6,8,17H,14H2,1-2H3,(H,15,16,18). The van der Waals surface area contributed by atoms with Gasteiger partial charge in [-0.15, -0.1) is 11.3 Å². The zero-order valence-corrected chi connectivity index (χ0v) is 11.5. The van der Waals surface area contributed by atoms with Crippen molar-refractivity contribution in [2.24, 2.45) is 5.73 Å². The number of hydrogen-bond donors (Lipinski definition) is 3. The van der Waals surface area contributed by atoms with Crippen LogP contribution in [-0.4, -0.2) is 16.0 Å². The molecule has 19 heavy (non-hydrogen) atoms. The van der Waals surface area contributed by atoms with Crippen LogP contribution >= 0.6 is 11.3 Å². The van der Waals surface area contributed by atoms with Gasteiger partial charge >= 0.3 is 0 Å². The smallest absolute Gasteiger partial charge is 0.257 e. The van der Waals surface area contributed by atoms with Gasteiger partial charge in [0.1, 0.15) is 5.75 Å². The van der Waals surface area contributed by atoms with E-state index in [2.05, 4.69) is 10.3 Å². The van der Waals surface area contributed by atoms with Crippen LogP contribution in [0.15, 0.2) is 23.6 Å². The molecular weight excluding hydrogens is 262 g/mol. The first kappa shape index (κ1) is 13.5. The van der Waals surface area contributed by atoms with E-state index >= 15 is 0 Å². The first-order valence-electron chi connectivity index (χ1n) is 5.80. The number of carbonyl (C=O) groups excluding carboxylic acids is 1. The molecule has 5 nitrogen and oxygen atoms in total. The third kappa shape index (κ3) is 2.91. The molecule has 0 aliphatic rings. The van der Waals surface area contributed by atoms with Crippen LogP contribution in [0.3, 0.4) is 0 Å². The number of aromatic hydroxyl groups is 1. The van der Waals surface area contributed by atoms with Crippen molar-refractivity contribution in [1.29, 1.82) is 0 Å². The molecule has 0 radical (unpaired) electrons. The molecule has 0 bridgehead atoms. The molecule has 1 amide bonds. The Labute approximate surface area is 115 Å². The van der Waals surface area contributed by atoms with E-state index in [0.29, 0.717) is 16.3 Å². The zero-order chi connectivity index (χ0) is 14.0. The highest BCUT2D eigenvalue weighted by Crippen LogP contribution is 2.23. The van der Waals surface area contributed by atoms with Crippen LogP contribution in [0.5, 0.6) is 5.75 Å². The Balaban J connectivity index is 2.18. The lowest BCUT2D eigenvalue weighted by Crippen LogP contribution is -2.13. The molecular formula is C13H15N3O2S. The number of anilines is 1. The van der Waals surface area contributed by atoms with Crippen LogP contribution in [0.25, 0.3) is 0 Å². The van der Waals surface area contributed by atoms with Gasteiger partial charge in [0.15, 0.2) is 5.13 Å². The summed E-state index contributed by atoms with van der Waals surface area (Å²) >= 11 is 1.33. The van der Waals surface area contributed by atoms with Crippen molar-refractivity contribution in [2.45, 2.75) is 19.9 Å². The Morgan fingerprint density at radius 3 is 2.89 bits per heavy atom. The number of rotatable bonds is 3. The highest BCUT2D eigenvalue weighted by Gasteiger charge is 2.13. The summed E-state index contributed by atoms with van der Waals surface area (Å²) in [7, 11) is 0. The summed E-state index contributed by atoms with van der Waals surface area (Å²) in [5.41, 5.74) is 7.43. The number of nitrogens with one attached hydrogen (secondary N) is 1. The molecule has 1 unspecified atom stereocenters. The average Bonchev–Trinajstić information content (AvgIpc) is 2.81. The zero-order valence-electron chi connectivity index (χ0n) is 10.7. The quantitative estimate of drug-likeness (QED) is 0.804. The number of nitrogens with two attached hydrogens (primary N) is 1. The van der Waals surface area contributed by atoms with Crippen LogP contribution in [0.2, 0.25) is 0 Å². The lowest BCUT2D eigenvalue weighted by molar-refractivity contribution is 0.102. The minimum absolute atomic E-state index is 0.100. The predicted molar refractivity (Wildman–Crippen MR) is 75.5 cm³/mol. The molecule has 1 heterocycles. The lowest BCUT2D eigenvalue weighted by atomic mass is 10.1. The van der Waals surface area contributed by atoms with Crippen molar-refractivity contribution in [2.75, 3.05) is 5.32 Å². The van der Waals surface area contributed by atoms with Gasteiger partial charge in [0, 0.05) is 22.5 Å². The summed E-state index contributed by atoms with van der Waals surface area (Å²) in [5, 5.41) is 14.6. The lowest BCUT2D eigenvalue weighted by Gasteiger charge is -2.06. The van der Waals surface area contributed by atoms with Gasteiger partial charge in [-0.25, -0.2) is 4.98 Å². The molecule has 0 saturated carbocycles. The topological polar surface area (TPSA) is 88.2 Å². The third-order valence-corrected chi connectivity index (χ3v) is 3.53. The van der Waals surface area contributed by atoms with Crippen LogP contribution < -0.4 is 11.1 Å². The molecule has 0 fully saturated rings. The molecule has 1 atom stereocenters. The Morgan fingerprint density at radius 2 is 2.26 bits per heavy atom. The summed E-state index contributed by atoms with van der Waals surface area (Å²) in [5.74, 6) is -0.193. The van der Waals surface area contributed by atoms with Crippen molar-refractivity contribution < 1.29 is 9.90 Å². The number of phenols is 1. The second kappa shape index (κ2) is 5.38. The maximum Gasteiger partial charge on any atom is 0.257 e. The van der Waals surface area contributed by atoms with Crippen LogP contribution in [0.4, 0.5) is 5.13 Å². The monoisotopic (exact) mass is 277 g/mol. The number of amides is 1. The predicted octanol–water partition coefficient (Wildman–Crippen LogP) is 2.43. The number of aromatic nitrogens is 1. The van der Waals surface area contributed by atoms with E-state index in [9.17, 15) is 9.90 Å². The van der Waals surface area contributed by atoms with E-state index in [0.717, 1.165) is 5.69 Å². The summed E-state index contributed by atoms with van der Waals surface area (Å²) in [4.78, 5) is 16.3. The number of phenolic OH excluding ortho intramolecular Hbond substituents is 1. The molecule has 0 saturated heterocycles.